The zero-order valence-electron chi connectivity index (χ0n) is 18.9. The van der Waals surface area contributed by atoms with E-state index in [9.17, 15) is 19.2 Å². The van der Waals surface area contributed by atoms with E-state index in [0.717, 1.165) is 27.6 Å². The number of thioether (sulfide) groups is 1. The Balaban J connectivity index is 1.41. The topological polar surface area (TPSA) is 135 Å². The highest BCUT2D eigenvalue weighted by Gasteiger charge is 2.32. The van der Waals surface area contributed by atoms with Gasteiger partial charge in [0.25, 0.3) is 5.91 Å². The Morgan fingerprint density at radius 3 is 2.56 bits per heavy atom. The molecule has 1 aliphatic heterocycles. The molecule has 1 aromatic heterocycles. The quantitative estimate of drug-likeness (QED) is 0.359. The molecule has 186 valence electrons. The lowest BCUT2D eigenvalue weighted by molar-refractivity contribution is -0.122. The van der Waals surface area contributed by atoms with Gasteiger partial charge in [-0.2, -0.15) is 0 Å². The van der Waals surface area contributed by atoms with Crippen LogP contribution in [0.2, 0.25) is 0 Å². The first kappa shape index (κ1) is 25.7. The summed E-state index contributed by atoms with van der Waals surface area (Å²) in [6, 6.07) is 11.9. The molecule has 3 aromatic rings. The van der Waals surface area contributed by atoms with Crippen molar-refractivity contribution < 1.29 is 23.9 Å². The van der Waals surface area contributed by atoms with E-state index in [2.05, 4.69) is 37.1 Å². The molecule has 36 heavy (non-hydrogen) atoms. The lowest BCUT2D eigenvalue weighted by Crippen LogP contribution is -2.29. The van der Waals surface area contributed by atoms with Crippen molar-refractivity contribution in [2.45, 2.75) is 11.7 Å². The fraction of sp³-hybridized carbons (Fsp3) is 0.174. The van der Waals surface area contributed by atoms with Crippen LogP contribution in [0.15, 0.2) is 56.8 Å². The van der Waals surface area contributed by atoms with Crippen LogP contribution in [0.5, 0.6) is 11.5 Å². The van der Waals surface area contributed by atoms with Crippen LogP contribution in [0.1, 0.15) is 16.1 Å². The molecule has 0 aliphatic carbocycles. The van der Waals surface area contributed by atoms with E-state index in [1.165, 1.54) is 14.2 Å². The lowest BCUT2D eigenvalue weighted by atomic mass is 10.1. The fourth-order valence-corrected chi connectivity index (χ4v) is 5.40. The van der Waals surface area contributed by atoms with Crippen LogP contribution < -0.4 is 30.3 Å². The van der Waals surface area contributed by atoms with E-state index in [1.54, 1.807) is 42.5 Å². The van der Waals surface area contributed by atoms with Gasteiger partial charge in [-0.3, -0.25) is 19.2 Å². The van der Waals surface area contributed by atoms with Gasteiger partial charge in [-0.1, -0.05) is 45.1 Å². The molecule has 2 heterocycles. The molecule has 1 unspecified atom stereocenters. The maximum Gasteiger partial charge on any atom is 0.281 e. The molecule has 3 N–H and O–H groups in total. The monoisotopic (exact) mass is 590 g/mol. The SMILES string of the molecule is COc1ccc2cc(C(=O)N/N=C3\NC(=O)C(CC(=O)Nc4ccc(Br)cc4)S3)sc(=O)c2c1OC. The first-order valence-corrected chi connectivity index (χ1v) is 12.9. The number of hydrogen-bond acceptors (Lipinski definition) is 9. The third kappa shape index (κ3) is 5.69. The smallest absolute Gasteiger partial charge is 0.281 e. The standard InChI is InChI=1S/C23H19BrN4O6S2/c1-33-14-8-3-11-9-15(35-22(32)18(11)19(14)34-2)21(31)27-28-23-26-20(30)16(36-23)10-17(29)25-13-6-4-12(24)5-7-13/h3-9,16H,10H2,1-2H3,(H,25,29)(H,27,31)(H,26,28,30). The lowest BCUT2D eigenvalue weighted by Gasteiger charge is -2.10. The van der Waals surface area contributed by atoms with Gasteiger partial charge in [-0.05, 0) is 41.8 Å². The van der Waals surface area contributed by atoms with Crippen molar-refractivity contribution in [2.24, 2.45) is 5.10 Å². The molecule has 0 spiro atoms. The molecule has 10 nitrogen and oxygen atoms in total. The number of rotatable bonds is 7. The summed E-state index contributed by atoms with van der Waals surface area (Å²) in [7, 11) is 2.90. The minimum Gasteiger partial charge on any atom is -0.493 e. The van der Waals surface area contributed by atoms with Crippen molar-refractivity contribution in [3.63, 3.8) is 0 Å². The molecule has 1 saturated heterocycles. The molecule has 4 rings (SSSR count). The zero-order chi connectivity index (χ0) is 25.8. The molecule has 1 fully saturated rings. The van der Waals surface area contributed by atoms with Gasteiger partial charge in [0.15, 0.2) is 16.7 Å². The Labute approximate surface area is 221 Å². The summed E-state index contributed by atoms with van der Waals surface area (Å²) in [5.74, 6) is -0.637. The van der Waals surface area contributed by atoms with Crippen LogP contribution >= 0.6 is 39.0 Å². The van der Waals surface area contributed by atoms with Crippen LogP contribution in [0.4, 0.5) is 5.69 Å². The Morgan fingerprint density at radius 2 is 1.86 bits per heavy atom. The number of fused-ring (bicyclic) bond motifs is 1. The van der Waals surface area contributed by atoms with Crippen molar-refractivity contribution >= 4 is 78.4 Å². The second-order valence-electron chi connectivity index (χ2n) is 7.38. The summed E-state index contributed by atoms with van der Waals surface area (Å²) in [6.07, 6.45) is -0.0723. The maximum atomic E-state index is 12.7. The van der Waals surface area contributed by atoms with Gasteiger partial charge < -0.3 is 20.1 Å². The first-order valence-electron chi connectivity index (χ1n) is 10.4. The number of halogens is 1. The average molecular weight is 591 g/mol. The number of hydrazone groups is 1. The summed E-state index contributed by atoms with van der Waals surface area (Å²) < 4.78 is 11.1. The van der Waals surface area contributed by atoms with Gasteiger partial charge >= 0.3 is 0 Å². The van der Waals surface area contributed by atoms with Crippen molar-refractivity contribution in [1.29, 1.82) is 0 Å². The van der Waals surface area contributed by atoms with E-state index in [-0.39, 0.29) is 27.1 Å². The number of amides is 3. The first-order chi connectivity index (χ1) is 17.3. The van der Waals surface area contributed by atoms with Crippen molar-refractivity contribution in [1.82, 2.24) is 10.7 Å². The highest BCUT2D eigenvalue weighted by Crippen LogP contribution is 2.34. The summed E-state index contributed by atoms with van der Waals surface area (Å²) in [5, 5.41) is 9.48. The van der Waals surface area contributed by atoms with Crippen molar-refractivity contribution in [2.75, 3.05) is 19.5 Å². The van der Waals surface area contributed by atoms with E-state index in [4.69, 9.17) is 9.47 Å². The highest BCUT2D eigenvalue weighted by atomic mass is 79.9. The van der Waals surface area contributed by atoms with E-state index in [0.29, 0.717) is 28.0 Å². The molecule has 0 bridgehead atoms. The number of hydrogen-bond donors (Lipinski definition) is 3. The van der Waals surface area contributed by atoms with E-state index in [1.807, 2.05) is 0 Å². The number of carbonyl (C=O) groups excluding carboxylic acids is 3. The number of anilines is 1. The van der Waals surface area contributed by atoms with Gasteiger partial charge in [0.1, 0.15) is 5.25 Å². The number of amidine groups is 1. The summed E-state index contributed by atoms with van der Waals surface area (Å²) in [4.78, 5) is 50.1. The van der Waals surface area contributed by atoms with Gasteiger partial charge in [0.05, 0.1) is 24.5 Å². The number of carbonyl (C=O) groups is 3. The molecule has 3 amide bonds. The average Bonchev–Trinajstić information content (AvgIpc) is 3.21. The normalized spacial score (nSPS) is 16.0. The molecule has 13 heteroatoms. The van der Waals surface area contributed by atoms with Crippen molar-refractivity contribution in [3.05, 3.63) is 61.4 Å². The highest BCUT2D eigenvalue weighted by molar-refractivity contribution is 9.10. The number of ether oxygens (including phenoxy) is 2. The molecular formula is C23H19BrN4O6S2. The fourth-order valence-electron chi connectivity index (χ4n) is 3.37. The van der Waals surface area contributed by atoms with Gasteiger partial charge in [0, 0.05) is 16.6 Å². The van der Waals surface area contributed by atoms with Crippen molar-refractivity contribution in [3.8, 4) is 11.5 Å². The maximum absolute atomic E-state index is 12.7. The van der Waals surface area contributed by atoms with E-state index >= 15 is 0 Å². The Kier molecular flexibility index (Phi) is 7.91. The Hall–Kier alpha value is -3.42. The minimum atomic E-state index is -0.699. The second-order valence-corrected chi connectivity index (χ2v) is 10.5. The summed E-state index contributed by atoms with van der Waals surface area (Å²) in [5.41, 5.74) is 2.96. The molecule has 2 aromatic carbocycles. The Bertz CT molecular complexity index is 1440. The number of nitrogens with one attached hydrogen (secondary N) is 3. The van der Waals surface area contributed by atoms with E-state index < -0.39 is 17.1 Å². The number of nitrogens with zero attached hydrogens (tertiary/aromatic N) is 1. The molecule has 1 aliphatic rings. The van der Waals surface area contributed by atoms with Crippen LogP contribution in [-0.4, -0.2) is 42.4 Å². The Morgan fingerprint density at radius 1 is 1.11 bits per heavy atom. The third-order valence-electron chi connectivity index (χ3n) is 5.03. The van der Waals surface area contributed by atoms with Crippen LogP contribution in [0, 0.1) is 0 Å². The number of methoxy groups -OCH3 is 2. The van der Waals surface area contributed by atoms with Gasteiger partial charge in [-0.25, -0.2) is 5.43 Å². The molecule has 0 radical (unpaired) electrons. The molecule has 0 saturated carbocycles. The van der Waals surface area contributed by atoms with Crippen LogP contribution in [-0.2, 0) is 9.59 Å². The van der Waals surface area contributed by atoms with Gasteiger partial charge in [0.2, 0.25) is 16.6 Å². The minimum absolute atomic E-state index is 0.0723. The van der Waals surface area contributed by atoms with Crippen LogP contribution in [0.25, 0.3) is 10.8 Å². The predicted molar refractivity (Wildman–Crippen MR) is 143 cm³/mol. The van der Waals surface area contributed by atoms with Gasteiger partial charge in [-0.15, -0.1) is 5.10 Å². The third-order valence-corrected chi connectivity index (χ3v) is 7.55. The zero-order valence-corrected chi connectivity index (χ0v) is 22.1. The number of benzene rings is 2. The molecular weight excluding hydrogens is 572 g/mol. The largest absolute Gasteiger partial charge is 0.493 e. The van der Waals surface area contributed by atoms with Crippen LogP contribution in [0.3, 0.4) is 0 Å². The predicted octanol–water partition coefficient (Wildman–Crippen LogP) is 3.30. The molecule has 1 atom stereocenters. The summed E-state index contributed by atoms with van der Waals surface area (Å²) in [6.45, 7) is 0. The second kappa shape index (κ2) is 11.1. The summed E-state index contributed by atoms with van der Waals surface area (Å²) >= 11 is 5.09.